The van der Waals surface area contributed by atoms with Crippen molar-refractivity contribution in [3.8, 4) is 5.75 Å². The lowest BCUT2D eigenvalue weighted by molar-refractivity contribution is 0.0644. The van der Waals surface area contributed by atoms with E-state index >= 15 is 0 Å². The SMILES string of the molecule is COc1ccc(C(C)OCCCBr)c(F)c1. The fourth-order valence-electron chi connectivity index (χ4n) is 1.37. The van der Waals surface area contributed by atoms with Crippen molar-refractivity contribution < 1.29 is 13.9 Å². The van der Waals surface area contributed by atoms with E-state index in [-0.39, 0.29) is 11.9 Å². The molecule has 4 heteroatoms. The Balaban J connectivity index is 2.64. The highest BCUT2D eigenvalue weighted by atomic mass is 79.9. The van der Waals surface area contributed by atoms with Crippen LogP contribution in [0.5, 0.6) is 5.75 Å². The fraction of sp³-hybridized carbons (Fsp3) is 0.500. The molecule has 0 bridgehead atoms. The topological polar surface area (TPSA) is 18.5 Å². The lowest BCUT2D eigenvalue weighted by Gasteiger charge is -2.14. The van der Waals surface area contributed by atoms with Gasteiger partial charge < -0.3 is 9.47 Å². The Labute approximate surface area is 104 Å². The minimum Gasteiger partial charge on any atom is -0.497 e. The molecule has 0 heterocycles. The van der Waals surface area contributed by atoms with Gasteiger partial charge >= 0.3 is 0 Å². The Hall–Kier alpha value is -0.610. The van der Waals surface area contributed by atoms with Crippen LogP contribution in [-0.2, 0) is 4.74 Å². The summed E-state index contributed by atoms with van der Waals surface area (Å²) in [5, 5.41) is 0.894. The monoisotopic (exact) mass is 290 g/mol. The molecule has 0 aliphatic heterocycles. The maximum absolute atomic E-state index is 13.6. The second-order valence-electron chi connectivity index (χ2n) is 3.44. The molecule has 0 saturated heterocycles. The zero-order chi connectivity index (χ0) is 12.0. The van der Waals surface area contributed by atoms with Crippen molar-refractivity contribution in [3.05, 3.63) is 29.6 Å². The van der Waals surface area contributed by atoms with E-state index in [1.165, 1.54) is 13.2 Å². The third-order valence-corrected chi connectivity index (χ3v) is 2.85. The highest BCUT2D eigenvalue weighted by Crippen LogP contribution is 2.24. The number of hydrogen-bond donors (Lipinski definition) is 0. The van der Waals surface area contributed by atoms with Gasteiger partial charge in [-0.3, -0.25) is 0 Å². The first-order valence-electron chi connectivity index (χ1n) is 5.20. The standard InChI is InChI=1S/C12H16BrFO2/c1-9(16-7-3-6-13)11-5-4-10(15-2)8-12(11)14/h4-5,8-9H,3,6-7H2,1-2H3. The van der Waals surface area contributed by atoms with Gasteiger partial charge in [0.1, 0.15) is 11.6 Å². The van der Waals surface area contributed by atoms with Gasteiger partial charge in [0.2, 0.25) is 0 Å². The molecule has 0 N–H and O–H groups in total. The molecule has 2 nitrogen and oxygen atoms in total. The normalized spacial score (nSPS) is 12.5. The molecule has 0 aliphatic rings. The maximum atomic E-state index is 13.6. The summed E-state index contributed by atoms with van der Waals surface area (Å²) >= 11 is 3.32. The molecule has 0 radical (unpaired) electrons. The number of halogens is 2. The minimum absolute atomic E-state index is 0.232. The van der Waals surface area contributed by atoms with Crippen LogP contribution in [0, 0.1) is 5.82 Å². The van der Waals surface area contributed by atoms with Gasteiger partial charge in [-0.2, -0.15) is 0 Å². The quantitative estimate of drug-likeness (QED) is 0.588. The van der Waals surface area contributed by atoms with Crippen molar-refractivity contribution in [2.45, 2.75) is 19.4 Å². The van der Waals surface area contributed by atoms with Gasteiger partial charge in [-0.05, 0) is 25.5 Å². The first-order valence-corrected chi connectivity index (χ1v) is 6.32. The zero-order valence-electron chi connectivity index (χ0n) is 9.50. The first-order chi connectivity index (χ1) is 7.69. The average Bonchev–Trinajstić information content (AvgIpc) is 2.29. The van der Waals surface area contributed by atoms with Crippen molar-refractivity contribution in [2.75, 3.05) is 19.0 Å². The maximum Gasteiger partial charge on any atom is 0.132 e. The molecule has 16 heavy (non-hydrogen) atoms. The Bertz CT molecular complexity index is 331. The Morgan fingerprint density at radius 1 is 1.44 bits per heavy atom. The van der Waals surface area contributed by atoms with Gasteiger partial charge in [-0.25, -0.2) is 4.39 Å². The van der Waals surface area contributed by atoms with Crippen LogP contribution >= 0.6 is 15.9 Å². The lowest BCUT2D eigenvalue weighted by Crippen LogP contribution is -2.04. The molecule has 1 aromatic carbocycles. The van der Waals surface area contributed by atoms with Crippen LogP contribution in [0.1, 0.15) is 25.0 Å². The molecule has 0 saturated carbocycles. The fourth-order valence-corrected chi connectivity index (χ4v) is 1.60. The summed E-state index contributed by atoms with van der Waals surface area (Å²) in [4.78, 5) is 0. The van der Waals surface area contributed by atoms with E-state index in [1.54, 1.807) is 12.1 Å². The number of hydrogen-bond acceptors (Lipinski definition) is 2. The molecule has 0 aromatic heterocycles. The largest absolute Gasteiger partial charge is 0.497 e. The van der Waals surface area contributed by atoms with Crippen molar-refractivity contribution in [1.82, 2.24) is 0 Å². The number of alkyl halides is 1. The molecule has 1 unspecified atom stereocenters. The molecule has 90 valence electrons. The molecule has 1 rings (SSSR count). The lowest BCUT2D eigenvalue weighted by atomic mass is 10.1. The third kappa shape index (κ3) is 3.76. The number of methoxy groups -OCH3 is 1. The molecule has 1 atom stereocenters. The predicted molar refractivity (Wildman–Crippen MR) is 65.7 cm³/mol. The molecule has 0 aliphatic carbocycles. The predicted octanol–water partition coefficient (Wildman–Crippen LogP) is 3.70. The van der Waals surface area contributed by atoms with Crippen LogP contribution in [0.25, 0.3) is 0 Å². The van der Waals surface area contributed by atoms with Crippen molar-refractivity contribution in [1.29, 1.82) is 0 Å². The van der Waals surface area contributed by atoms with Crippen molar-refractivity contribution in [2.24, 2.45) is 0 Å². The number of benzene rings is 1. The smallest absolute Gasteiger partial charge is 0.132 e. The van der Waals surface area contributed by atoms with E-state index in [0.29, 0.717) is 17.9 Å². The summed E-state index contributed by atoms with van der Waals surface area (Å²) in [5.74, 6) is 0.236. The van der Waals surface area contributed by atoms with Gasteiger partial charge in [0, 0.05) is 23.6 Å². The molecule has 0 spiro atoms. The van der Waals surface area contributed by atoms with Gasteiger partial charge in [-0.1, -0.05) is 15.9 Å². The first kappa shape index (κ1) is 13.5. The summed E-state index contributed by atoms with van der Waals surface area (Å²) < 4.78 is 24.1. The van der Waals surface area contributed by atoms with E-state index in [9.17, 15) is 4.39 Å². The number of ether oxygens (including phenoxy) is 2. The summed E-state index contributed by atoms with van der Waals surface area (Å²) in [5.41, 5.74) is 0.565. The Morgan fingerprint density at radius 3 is 2.75 bits per heavy atom. The highest BCUT2D eigenvalue weighted by Gasteiger charge is 2.11. The number of rotatable bonds is 6. The van der Waals surface area contributed by atoms with Crippen LogP contribution in [0.4, 0.5) is 4.39 Å². The highest BCUT2D eigenvalue weighted by molar-refractivity contribution is 9.09. The van der Waals surface area contributed by atoms with Crippen LogP contribution in [0.3, 0.4) is 0 Å². The molecular weight excluding hydrogens is 275 g/mol. The zero-order valence-corrected chi connectivity index (χ0v) is 11.1. The van der Waals surface area contributed by atoms with Crippen molar-refractivity contribution in [3.63, 3.8) is 0 Å². The van der Waals surface area contributed by atoms with E-state index in [2.05, 4.69) is 15.9 Å². The summed E-state index contributed by atoms with van der Waals surface area (Å²) in [6, 6.07) is 4.81. The third-order valence-electron chi connectivity index (χ3n) is 2.29. The van der Waals surface area contributed by atoms with Crippen LogP contribution < -0.4 is 4.74 Å². The van der Waals surface area contributed by atoms with Crippen LogP contribution in [0.15, 0.2) is 18.2 Å². The molecule has 1 aromatic rings. The summed E-state index contributed by atoms with van der Waals surface area (Å²) in [7, 11) is 1.52. The summed E-state index contributed by atoms with van der Waals surface area (Å²) in [6.07, 6.45) is 0.687. The Morgan fingerprint density at radius 2 is 2.19 bits per heavy atom. The summed E-state index contributed by atoms with van der Waals surface area (Å²) in [6.45, 7) is 2.47. The van der Waals surface area contributed by atoms with E-state index in [4.69, 9.17) is 9.47 Å². The minimum atomic E-state index is -0.286. The molecule has 0 amide bonds. The molecule has 0 fully saturated rings. The average molecular weight is 291 g/mol. The Kier molecular flexibility index (Phi) is 5.77. The van der Waals surface area contributed by atoms with Crippen LogP contribution in [-0.4, -0.2) is 19.0 Å². The van der Waals surface area contributed by atoms with Gasteiger partial charge in [0.05, 0.1) is 13.2 Å². The van der Waals surface area contributed by atoms with E-state index in [0.717, 1.165) is 11.8 Å². The van der Waals surface area contributed by atoms with Gasteiger partial charge in [0.15, 0.2) is 0 Å². The molecular formula is C12H16BrFO2. The second-order valence-corrected chi connectivity index (χ2v) is 4.24. The van der Waals surface area contributed by atoms with Gasteiger partial charge in [-0.15, -0.1) is 0 Å². The van der Waals surface area contributed by atoms with E-state index in [1.807, 2.05) is 6.92 Å². The second kappa shape index (κ2) is 6.86. The van der Waals surface area contributed by atoms with E-state index < -0.39 is 0 Å². The van der Waals surface area contributed by atoms with Gasteiger partial charge in [0.25, 0.3) is 0 Å². The van der Waals surface area contributed by atoms with Crippen molar-refractivity contribution >= 4 is 15.9 Å². The van der Waals surface area contributed by atoms with Crippen LogP contribution in [0.2, 0.25) is 0 Å².